The lowest BCUT2D eigenvalue weighted by Gasteiger charge is -2.54. The Morgan fingerprint density at radius 1 is 0.731 bits per heavy atom. The van der Waals surface area contributed by atoms with Gasteiger partial charge in [-0.15, -0.1) is 0 Å². The Kier molecular flexibility index (Phi) is 6.11. The van der Waals surface area contributed by atoms with E-state index in [1.165, 1.54) is 57.8 Å². The van der Waals surface area contributed by atoms with Gasteiger partial charge in [0.1, 0.15) is 0 Å². The van der Waals surface area contributed by atoms with Crippen LogP contribution in [0.5, 0.6) is 0 Å². The molecule has 0 radical (unpaired) electrons. The molecule has 7 unspecified atom stereocenters. The second-order valence-corrected chi connectivity index (χ2v) is 13.1. The van der Waals surface area contributed by atoms with Crippen molar-refractivity contribution in [2.45, 2.75) is 76.0 Å². The van der Waals surface area contributed by atoms with Crippen molar-refractivity contribution < 1.29 is 8.85 Å². The molecule has 2 heterocycles. The van der Waals surface area contributed by atoms with E-state index in [0.717, 1.165) is 42.7 Å². The Morgan fingerprint density at radius 3 is 2.04 bits per heavy atom. The number of fused-ring (bicyclic) bond motifs is 2. The quantitative estimate of drug-likeness (QED) is 0.734. The highest BCUT2D eigenvalue weighted by molar-refractivity contribution is 6.71. The summed E-state index contributed by atoms with van der Waals surface area (Å²) in [6.07, 6.45) is 12.4. The molecule has 4 nitrogen and oxygen atoms in total. The van der Waals surface area contributed by atoms with Crippen LogP contribution in [-0.2, 0) is 8.85 Å². The van der Waals surface area contributed by atoms with Crippen molar-refractivity contribution in [2.75, 3.05) is 27.3 Å². The molecule has 7 atom stereocenters. The molecule has 2 saturated carbocycles. The molecule has 0 bridgehead atoms. The summed E-state index contributed by atoms with van der Waals surface area (Å²) in [5, 5.41) is 7.87. The SMILES string of the molecule is CO[Si](OC)(C1NCCC2CCCCC21)C1NCCC2CC(C)CCC21. The maximum Gasteiger partial charge on any atom is 0.373 e. The molecular weight excluding hydrogens is 340 g/mol. The van der Waals surface area contributed by atoms with Crippen LogP contribution < -0.4 is 10.6 Å². The minimum Gasteiger partial charge on any atom is -0.396 e. The highest BCUT2D eigenvalue weighted by atomic mass is 28.4. The fourth-order valence-corrected chi connectivity index (χ4v) is 11.6. The van der Waals surface area contributed by atoms with Gasteiger partial charge in [-0.05, 0) is 74.8 Å². The highest BCUT2D eigenvalue weighted by Gasteiger charge is 2.60. The van der Waals surface area contributed by atoms with E-state index in [1.807, 2.05) is 14.2 Å². The monoisotopic (exact) mass is 380 g/mol. The van der Waals surface area contributed by atoms with Gasteiger partial charge in [-0.1, -0.05) is 32.6 Å². The van der Waals surface area contributed by atoms with E-state index in [-0.39, 0.29) is 0 Å². The largest absolute Gasteiger partial charge is 0.396 e. The van der Waals surface area contributed by atoms with Gasteiger partial charge in [-0.2, -0.15) is 0 Å². The molecular formula is C21H40N2O2Si. The normalized spacial score (nSPS) is 44.2. The van der Waals surface area contributed by atoms with Crippen molar-refractivity contribution in [2.24, 2.45) is 29.6 Å². The third kappa shape index (κ3) is 3.32. The zero-order chi connectivity index (χ0) is 18.1. The van der Waals surface area contributed by atoms with Crippen LogP contribution in [0.25, 0.3) is 0 Å². The van der Waals surface area contributed by atoms with Gasteiger partial charge in [-0.3, -0.25) is 0 Å². The summed E-state index contributed by atoms with van der Waals surface area (Å²) in [6.45, 7) is 4.73. The van der Waals surface area contributed by atoms with Gasteiger partial charge >= 0.3 is 8.56 Å². The maximum atomic E-state index is 6.48. The molecule has 0 amide bonds. The number of hydrogen-bond acceptors (Lipinski definition) is 4. The fraction of sp³-hybridized carbons (Fsp3) is 1.00. The Balaban J connectivity index is 1.62. The second kappa shape index (κ2) is 8.20. The first-order chi connectivity index (χ1) is 12.7. The van der Waals surface area contributed by atoms with Crippen molar-refractivity contribution in [1.29, 1.82) is 0 Å². The van der Waals surface area contributed by atoms with Crippen LogP contribution in [0, 0.1) is 29.6 Å². The Morgan fingerprint density at radius 2 is 1.35 bits per heavy atom. The summed E-state index contributed by atoms with van der Waals surface area (Å²) in [6, 6.07) is 0. The molecule has 4 fully saturated rings. The van der Waals surface area contributed by atoms with Crippen LogP contribution >= 0.6 is 0 Å². The number of nitrogens with one attached hydrogen (secondary N) is 2. The van der Waals surface area contributed by atoms with Crippen LogP contribution in [-0.4, -0.2) is 47.2 Å². The van der Waals surface area contributed by atoms with Crippen molar-refractivity contribution in [1.82, 2.24) is 10.6 Å². The fourth-order valence-electron chi connectivity index (χ4n) is 7.14. The lowest BCUT2D eigenvalue weighted by atomic mass is 9.71. The van der Waals surface area contributed by atoms with Gasteiger partial charge in [0.15, 0.2) is 0 Å². The molecule has 2 N–H and O–H groups in total. The van der Waals surface area contributed by atoms with Crippen molar-refractivity contribution >= 4 is 8.56 Å². The third-order valence-electron chi connectivity index (χ3n) is 8.39. The number of hydrogen-bond donors (Lipinski definition) is 2. The predicted molar refractivity (Wildman–Crippen MR) is 108 cm³/mol. The third-order valence-corrected chi connectivity index (χ3v) is 12.7. The first kappa shape index (κ1) is 19.4. The van der Waals surface area contributed by atoms with E-state index in [1.54, 1.807) is 0 Å². The molecule has 2 aliphatic carbocycles. The minimum absolute atomic E-state index is 0.446. The summed E-state index contributed by atoms with van der Waals surface area (Å²) in [7, 11) is 1.49. The first-order valence-electron chi connectivity index (χ1n) is 11.3. The van der Waals surface area contributed by atoms with Crippen molar-refractivity contribution in [3.05, 3.63) is 0 Å². The van der Waals surface area contributed by atoms with Gasteiger partial charge in [0.25, 0.3) is 0 Å². The number of piperidine rings is 2. The van der Waals surface area contributed by atoms with E-state index >= 15 is 0 Å². The molecule has 4 rings (SSSR count). The average molecular weight is 381 g/mol. The standard InChI is InChI=1S/C21H40N2O2Si/c1-15-8-9-19-17(14-15)11-13-23-21(19)26(24-2,25-3)20-18-7-5-4-6-16(18)10-12-22-20/h15-23H,4-14H2,1-3H3. The molecule has 0 spiro atoms. The minimum atomic E-state index is -2.40. The molecule has 0 aromatic rings. The Hall–Kier alpha value is 0.0569. The van der Waals surface area contributed by atoms with Gasteiger partial charge < -0.3 is 19.5 Å². The zero-order valence-electron chi connectivity index (χ0n) is 17.1. The smallest absolute Gasteiger partial charge is 0.373 e. The summed E-state index contributed by atoms with van der Waals surface area (Å²) in [5.41, 5.74) is 0.897. The van der Waals surface area contributed by atoms with Gasteiger partial charge in [0.2, 0.25) is 0 Å². The van der Waals surface area contributed by atoms with E-state index < -0.39 is 8.56 Å². The lowest BCUT2D eigenvalue weighted by molar-refractivity contribution is 0.0759. The molecule has 2 saturated heterocycles. The van der Waals surface area contributed by atoms with Crippen molar-refractivity contribution in [3.63, 3.8) is 0 Å². The van der Waals surface area contributed by atoms with Gasteiger partial charge in [0.05, 0.1) is 11.3 Å². The molecule has 2 aliphatic heterocycles. The summed E-state index contributed by atoms with van der Waals surface area (Å²) in [5.74, 6) is 4.16. The van der Waals surface area contributed by atoms with E-state index in [9.17, 15) is 0 Å². The van der Waals surface area contributed by atoms with E-state index in [2.05, 4.69) is 17.6 Å². The number of rotatable bonds is 4. The maximum absolute atomic E-state index is 6.48. The second-order valence-electron chi connectivity index (χ2n) is 9.62. The van der Waals surface area contributed by atoms with Crippen LogP contribution in [0.3, 0.4) is 0 Å². The van der Waals surface area contributed by atoms with E-state index in [4.69, 9.17) is 8.85 Å². The zero-order valence-corrected chi connectivity index (χ0v) is 18.1. The van der Waals surface area contributed by atoms with Crippen molar-refractivity contribution in [3.8, 4) is 0 Å². The molecule has 26 heavy (non-hydrogen) atoms. The molecule has 5 heteroatoms. The van der Waals surface area contributed by atoms with Gasteiger partial charge in [0, 0.05) is 14.2 Å². The molecule has 0 aromatic heterocycles. The summed E-state index contributed by atoms with van der Waals surface area (Å²) < 4.78 is 13.0. The van der Waals surface area contributed by atoms with Crippen LogP contribution in [0.1, 0.15) is 64.7 Å². The average Bonchev–Trinajstić information content (AvgIpc) is 2.69. The topological polar surface area (TPSA) is 42.5 Å². The molecule has 0 aromatic carbocycles. The van der Waals surface area contributed by atoms with Crippen LogP contribution in [0.15, 0.2) is 0 Å². The van der Waals surface area contributed by atoms with E-state index in [0.29, 0.717) is 11.3 Å². The van der Waals surface area contributed by atoms with Crippen LogP contribution in [0.4, 0.5) is 0 Å². The predicted octanol–water partition coefficient (Wildman–Crippen LogP) is 3.38. The summed E-state index contributed by atoms with van der Waals surface area (Å²) in [4.78, 5) is 0. The Bertz CT molecular complexity index is 471. The van der Waals surface area contributed by atoms with Crippen LogP contribution in [0.2, 0.25) is 0 Å². The first-order valence-corrected chi connectivity index (χ1v) is 13.2. The highest BCUT2D eigenvalue weighted by Crippen LogP contribution is 2.46. The Labute approximate surface area is 161 Å². The molecule has 150 valence electrons. The van der Waals surface area contributed by atoms with Gasteiger partial charge in [-0.25, -0.2) is 0 Å². The lowest BCUT2D eigenvalue weighted by Crippen LogP contribution is -2.76. The molecule has 4 aliphatic rings. The summed E-state index contributed by atoms with van der Waals surface area (Å²) >= 11 is 0.